The van der Waals surface area contributed by atoms with Crippen molar-refractivity contribution in [1.82, 2.24) is 0 Å². The van der Waals surface area contributed by atoms with Crippen LogP contribution in [0.4, 0.5) is 0 Å². The largest absolute Gasteiger partial charge is 0.508 e. The Balaban J connectivity index is 0.000000300. The van der Waals surface area contributed by atoms with Gasteiger partial charge in [-0.15, -0.1) is 0 Å². The first-order valence-corrected chi connectivity index (χ1v) is 10.9. The van der Waals surface area contributed by atoms with Crippen molar-refractivity contribution in [3.8, 4) is 11.5 Å². The average molecular weight is 413 g/mol. The van der Waals surface area contributed by atoms with Crippen LogP contribution in [0.15, 0.2) is 36.4 Å². The molecule has 0 atom stereocenters. The summed E-state index contributed by atoms with van der Waals surface area (Å²) >= 11 is 0. The van der Waals surface area contributed by atoms with Gasteiger partial charge < -0.3 is 10.2 Å². The predicted octanol–water partition coefficient (Wildman–Crippen LogP) is 7.97. The highest BCUT2D eigenvalue weighted by molar-refractivity contribution is 5.47. The highest BCUT2D eigenvalue weighted by Gasteiger charge is 2.27. The molecule has 0 saturated heterocycles. The first kappa shape index (κ1) is 26.1. The molecule has 0 aliphatic heterocycles. The van der Waals surface area contributed by atoms with Gasteiger partial charge in [0, 0.05) is 5.56 Å². The lowest BCUT2D eigenvalue weighted by molar-refractivity contribution is 0.423. The summed E-state index contributed by atoms with van der Waals surface area (Å²) in [5.74, 6) is 0.868. The number of hydrogen-bond acceptors (Lipinski definition) is 2. The van der Waals surface area contributed by atoms with Crippen LogP contribution in [-0.4, -0.2) is 10.2 Å². The fourth-order valence-electron chi connectivity index (χ4n) is 3.71. The van der Waals surface area contributed by atoms with Gasteiger partial charge in [-0.3, -0.25) is 0 Å². The Bertz CT molecular complexity index is 816. The van der Waals surface area contributed by atoms with Crippen molar-refractivity contribution in [3.05, 3.63) is 58.7 Å². The Labute approximate surface area is 185 Å². The summed E-state index contributed by atoms with van der Waals surface area (Å²) in [7, 11) is 0. The van der Waals surface area contributed by atoms with Gasteiger partial charge >= 0.3 is 0 Å². The Kier molecular flexibility index (Phi) is 7.52. The van der Waals surface area contributed by atoms with Gasteiger partial charge in [0.1, 0.15) is 11.5 Å². The molecule has 2 rings (SSSR count). The summed E-state index contributed by atoms with van der Waals surface area (Å²) in [4.78, 5) is 0. The average Bonchev–Trinajstić information content (AvgIpc) is 2.51. The molecular weight excluding hydrogens is 368 g/mol. The van der Waals surface area contributed by atoms with Crippen LogP contribution < -0.4 is 0 Å². The van der Waals surface area contributed by atoms with Crippen LogP contribution in [0.2, 0.25) is 0 Å². The van der Waals surface area contributed by atoms with Gasteiger partial charge in [-0.2, -0.15) is 0 Å². The Morgan fingerprint density at radius 3 is 1.10 bits per heavy atom. The monoisotopic (exact) mass is 412 g/mol. The SMILES string of the molecule is CC(C)(C)c1cccc(C(C)(C)C)c1O.CC(C)(C)c1cccc(O)c1C(C)(C)C. The van der Waals surface area contributed by atoms with Crippen molar-refractivity contribution in [2.75, 3.05) is 0 Å². The lowest BCUT2D eigenvalue weighted by atomic mass is 9.75. The van der Waals surface area contributed by atoms with E-state index >= 15 is 0 Å². The third-order valence-corrected chi connectivity index (χ3v) is 5.25. The van der Waals surface area contributed by atoms with Crippen LogP contribution in [0.3, 0.4) is 0 Å². The lowest BCUT2D eigenvalue weighted by Gasteiger charge is -2.30. The number of hydrogen-bond donors (Lipinski definition) is 2. The molecule has 2 N–H and O–H groups in total. The zero-order valence-electron chi connectivity index (χ0n) is 21.4. The summed E-state index contributed by atoms with van der Waals surface area (Å²) < 4.78 is 0. The topological polar surface area (TPSA) is 40.5 Å². The van der Waals surface area contributed by atoms with Crippen LogP contribution in [0.1, 0.15) is 105 Å². The van der Waals surface area contributed by atoms with Gasteiger partial charge in [-0.25, -0.2) is 0 Å². The van der Waals surface area contributed by atoms with Crippen molar-refractivity contribution in [2.45, 2.75) is 105 Å². The zero-order valence-corrected chi connectivity index (χ0v) is 21.4. The predicted molar refractivity (Wildman–Crippen MR) is 131 cm³/mol. The molecule has 2 heteroatoms. The normalized spacial score (nSPS) is 12.9. The molecule has 2 aromatic carbocycles. The summed E-state index contributed by atoms with van der Waals surface area (Å²) in [6.07, 6.45) is 0. The first-order chi connectivity index (χ1) is 13.3. The summed E-state index contributed by atoms with van der Waals surface area (Å²) in [6.45, 7) is 25.7. The molecule has 0 spiro atoms. The van der Waals surface area contributed by atoms with Crippen molar-refractivity contribution in [2.24, 2.45) is 0 Å². The molecule has 0 bridgehead atoms. The van der Waals surface area contributed by atoms with Crippen molar-refractivity contribution in [3.63, 3.8) is 0 Å². The van der Waals surface area contributed by atoms with E-state index in [-0.39, 0.29) is 21.7 Å². The van der Waals surface area contributed by atoms with Gasteiger partial charge in [0.25, 0.3) is 0 Å². The Hall–Kier alpha value is -1.96. The van der Waals surface area contributed by atoms with E-state index in [0.717, 1.165) is 16.7 Å². The second-order valence-electron chi connectivity index (χ2n) is 12.4. The molecule has 0 heterocycles. The molecule has 0 unspecified atom stereocenters. The molecule has 2 aromatic rings. The first-order valence-electron chi connectivity index (χ1n) is 10.9. The molecule has 2 nitrogen and oxygen atoms in total. The summed E-state index contributed by atoms with van der Waals surface area (Å²) in [6, 6.07) is 11.8. The van der Waals surface area contributed by atoms with Crippen LogP contribution in [0, 0.1) is 0 Å². The molecule has 30 heavy (non-hydrogen) atoms. The second kappa shape index (κ2) is 8.65. The van der Waals surface area contributed by atoms with E-state index in [9.17, 15) is 10.2 Å². The number of phenolic OH excluding ortho intramolecular Hbond substituents is 2. The Morgan fingerprint density at radius 1 is 0.467 bits per heavy atom. The van der Waals surface area contributed by atoms with Crippen LogP contribution in [-0.2, 0) is 21.7 Å². The van der Waals surface area contributed by atoms with E-state index in [4.69, 9.17) is 0 Å². The third kappa shape index (κ3) is 6.52. The highest BCUT2D eigenvalue weighted by atomic mass is 16.3. The van der Waals surface area contributed by atoms with Crippen LogP contribution in [0.25, 0.3) is 0 Å². The Morgan fingerprint density at radius 2 is 0.800 bits per heavy atom. The minimum atomic E-state index is -0.0199. The number of para-hydroxylation sites is 1. The molecule has 0 aliphatic rings. The fourth-order valence-corrected chi connectivity index (χ4v) is 3.71. The van der Waals surface area contributed by atoms with Crippen LogP contribution in [0.5, 0.6) is 11.5 Å². The fraction of sp³-hybridized carbons (Fsp3) is 0.571. The van der Waals surface area contributed by atoms with E-state index in [1.165, 1.54) is 5.56 Å². The summed E-state index contributed by atoms with van der Waals surface area (Å²) in [5, 5.41) is 20.3. The van der Waals surface area contributed by atoms with E-state index in [1.54, 1.807) is 6.07 Å². The number of rotatable bonds is 0. The number of benzene rings is 2. The molecular formula is C28H44O2. The van der Waals surface area contributed by atoms with Gasteiger partial charge in [-0.05, 0) is 44.4 Å². The molecule has 0 aliphatic carbocycles. The van der Waals surface area contributed by atoms with Gasteiger partial charge in [0.15, 0.2) is 0 Å². The quantitative estimate of drug-likeness (QED) is 0.460. The molecule has 168 valence electrons. The number of aromatic hydroxyl groups is 2. The standard InChI is InChI=1S/2C14H22O/c1-13(2,3)10-8-7-9-11(15)12(10)14(4,5)6;1-13(2,3)10-8-7-9-11(12(10)15)14(4,5)6/h2*7-9,15H,1-6H3. The number of phenols is 2. The van der Waals surface area contributed by atoms with Crippen molar-refractivity contribution >= 4 is 0 Å². The zero-order chi connectivity index (χ0) is 23.7. The van der Waals surface area contributed by atoms with Gasteiger partial charge in [0.2, 0.25) is 0 Å². The van der Waals surface area contributed by atoms with Crippen molar-refractivity contribution in [1.29, 1.82) is 0 Å². The van der Waals surface area contributed by atoms with Crippen LogP contribution >= 0.6 is 0 Å². The van der Waals surface area contributed by atoms with E-state index in [2.05, 4.69) is 89.2 Å². The molecule has 0 radical (unpaired) electrons. The molecule has 0 aromatic heterocycles. The van der Waals surface area contributed by atoms with Gasteiger partial charge in [-0.1, -0.05) is 113 Å². The minimum absolute atomic E-state index is 0.00859. The van der Waals surface area contributed by atoms with E-state index in [0.29, 0.717) is 11.5 Å². The molecule has 0 fully saturated rings. The van der Waals surface area contributed by atoms with E-state index in [1.807, 2.05) is 24.3 Å². The third-order valence-electron chi connectivity index (χ3n) is 5.25. The molecule has 0 saturated carbocycles. The van der Waals surface area contributed by atoms with E-state index < -0.39 is 0 Å². The maximum Gasteiger partial charge on any atom is 0.123 e. The lowest BCUT2D eigenvalue weighted by Crippen LogP contribution is -2.21. The highest BCUT2D eigenvalue weighted by Crippen LogP contribution is 2.39. The molecule has 0 amide bonds. The van der Waals surface area contributed by atoms with Gasteiger partial charge in [0.05, 0.1) is 0 Å². The smallest absolute Gasteiger partial charge is 0.123 e. The maximum absolute atomic E-state index is 10.3. The minimum Gasteiger partial charge on any atom is -0.508 e. The van der Waals surface area contributed by atoms with Crippen molar-refractivity contribution < 1.29 is 10.2 Å². The summed E-state index contributed by atoms with van der Waals surface area (Å²) in [5.41, 5.74) is 4.38. The maximum atomic E-state index is 10.3. The second-order valence-corrected chi connectivity index (χ2v) is 12.4.